The van der Waals surface area contributed by atoms with Crippen LogP contribution in [-0.4, -0.2) is 46.1 Å². The van der Waals surface area contributed by atoms with Gasteiger partial charge in [-0.1, -0.05) is 6.92 Å². The molecule has 0 bridgehead atoms. The van der Waals surface area contributed by atoms with E-state index < -0.39 is 12.5 Å². The minimum Gasteiger partial charge on any atom is -0.367 e. The number of amides is 1. The van der Waals surface area contributed by atoms with E-state index in [4.69, 9.17) is 0 Å². The number of alkyl halides is 2. The summed E-state index contributed by atoms with van der Waals surface area (Å²) in [4.78, 5) is 13.9. The summed E-state index contributed by atoms with van der Waals surface area (Å²) >= 11 is 0. The molecule has 2 aliphatic heterocycles. The van der Waals surface area contributed by atoms with Crippen molar-refractivity contribution in [3.63, 3.8) is 0 Å². The van der Waals surface area contributed by atoms with E-state index >= 15 is 0 Å². The second-order valence-corrected chi connectivity index (χ2v) is 6.97. The lowest BCUT2D eigenvalue weighted by atomic mass is 9.85. The van der Waals surface area contributed by atoms with E-state index in [9.17, 15) is 13.6 Å². The number of carbonyl (C=O) groups excluding carboxylic acids is 1. The largest absolute Gasteiger partial charge is 0.367 e. The van der Waals surface area contributed by atoms with Gasteiger partial charge in [0.1, 0.15) is 11.9 Å². The number of hydrogen-bond donors (Lipinski definition) is 1. The van der Waals surface area contributed by atoms with Gasteiger partial charge in [-0.15, -0.1) is 0 Å². The summed E-state index contributed by atoms with van der Waals surface area (Å²) in [5.74, 6) is 1.23. The molecule has 1 fully saturated rings. The first-order valence-corrected chi connectivity index (χ1v) is 8.88. The van der Waals surface area contributed by atoms with Gasteiger partial charge in [-0.05, 0) is 38.5 Å². The fourth-order valence-corrected chi connectivity index (χ4v) is 3.93. The van der Waals surface area contributed by atoms with Gasteiger partial charge in [-0.3, -0.25) is 4.79 Å². The minimum atomic E-state index is -2.42. The highest BCUT2D eigenvalue weighted by Crippen LogP contribution is 2.36. The van der Waals surface area contributed by atoms with Crippen molar-refractivity contribution in [2.24, 2.45) is 5.92 Å². The molecule has 3 heterocycles. The van der Waals surface area contributed by atoms with E-state index in [1.54, 1.807) is 0 Å². The SMILES string of the molecule is CCCC(=O)N1CCC([C@@H]2C[C@H](C(F)F)n3nc(C)cc3N2)CC1. The Morgan fingerprint density at radius 1 is 1.42 bits per heavy atom. The molecular formula is C17H26F2N4O. The number of carbonyl (C=O) groups is 1. The van der Waals surface area contributed by atoms with Crippen LogP contribution < -0.4 is 5.32 Å². The quantitative estimate of drug-likeness (QED) is 0.915. The first-order chi connectivity index (χ1) is 11.5. The summed E-state index contributed by atoms with van der Waals surface area (Å²) in [5, 5.41) is 7.62. The Bertz CT molecular complexity index is 581. The number of likely N-dealkylation sites (tertiary alicyclic amines) is 1. The van der Waals surface area contributed by atoms with Crippen LogP contribution in [0, 0.1) is 12.8 Å². The van der Waals surface area contributed by atoms with Gasteiger partial charge < -0.3 is 10.2 Å². The predicted octanol–water partition coefficient (Wildman–Crippen LogP) is 3.22. The van der Waals surface area contributed by atoms with Crippen molar-refractivity contribution in [2.75, 3.05) is 18.4 Å². The zero-order chi connectivity index (χ0) is 17.3. The summed E-state index contributed by atoms with van der Waals surface area (Å²) in [6, 6.07) is 0.997. The Kier molecular flexibility index (Phi) is 5.06. The van der Waals surface area contributed by atoms with Crippen LogP contribution in [0.1, 0.15) is 50.8 Å². The molecule has 7 heteroatoms. The number of fused-ring (bicyclic) bond motifs is 1. The third kappa shape index (κ3) is 3.39. The third-order valence-electron chi connectivity index (χ3n) is 5.22. The Hall–Kier alpha value is -1.66. The summed E-state index contributed by atoms with van der Waals surface area (Å²) in [5.41, 5.74) is 0.754. The molecule has 1 amide bonds. The van der Waals surface area contributed by atoms with Crippen LogP contribution in [0.25, 0.3) is 0 Å². The van der Waals surface area contributed by atoms with Crippen LogP contribution in [0.4, 0.5) is 14.6 Å². The van der Waals surface area contributed by atoms with E-state index in [-0.39, 0.29) is 11.9 Å². The van der Waals surface area contributed by atoms with E-state index in [0.717, 1.165) is 38.0 Å². The molecule has 24 heavy (non-hydrogen) atoms. The molecule has 2 atom stereocenters. The first kappa shape index (κ1) is 17.2. The van der Waals surface area contributed by atoms with Gasteiger partial charge in [0.2, 0.25) is 5.91 Å². The van der Waals surface area contributed by atoms with Crippen molar-refractivity contribution in [1.29, 1.82) is 0 Å². The minimum absolute atomic E-state index is 0.0241. The van der Waals surface area contributed by atoms with Gasteiger partial charge in [0.15, 0.2) is 0 Å². The van der Waals surface area contributed by atoms with Crippen LogP contribution in [0.3, 0.4) is 0 Å². The average molecular weight is 340 g/mol. The van der Waals surface area contributed by atoms with Gasteiger partial charge in [0.05, 0.1) is 5.69 Å². The zero-order valence-electron chi connectivity index (χ0n) is 14.3. The summed E-state index contributed by atoms with van der Waals surface area (Å²) in [6.07, 6.45) is 1.17. The lowest BCUT2D eigenvalue weighted by molar-refractivity contribution is -0.132. The van der Waals surface area contributed by atoms with Crippen molar-refractivity contribution in [3.8, 4) is 0 Å². The topological polar surface area (TPSA) is 50.2 Å². The molecule has 0 unspecified atom stereocenters. The molecule has 1 aromatic heterocycles. The lowest BCUT2D eigenvalue weighted by Gasteiger charge is -2.40. The van der Waals surface area contributed by atoms with Gasteiger partial charge in [-0.25, -0.2) is 13.5 Å². The third-order valence-corrected chi connectivity index (χ3v) is 5.22. The monoisotopic (exact) mass is 340 g/mol. The number of nitrogens with zero attached hydrogens (tertiary/aromatic N) is 3. The molecular weight excluding hydrogens is 314 g/mol. The average Bonchev–Trinajstić information content (AvgIpc) is 2.94. The highest BCUT2D eigenvalue weighted by atomic mass is 19.3. The molecule has 134 valence electrons. The Morgan fingerprint density at radius 2 is 2.12 bits per heavy atom. The van der Waals surface area contributed by atoms with Crippen molar-refractivity contribution in [2.45, 2.75) is 64.5 Å². The fraction of sp³-hybridized carbons (Fsp3) is 0.765. The Balaban J connectivity index is 1.65. The van der Waals surface area contributed by atoms with Crippen molar-refractivity contribution >= 4 is 11.7 Å². The Labute approximate surface area is 141 Å². The molecule has 1 saturated heterocycles. The van der Waals surface area contributed by atoms with E-state index in [1.807, 2.05) is 24.8 Å². The van der Waals surface area contributed by atoms with Crippen LogP contribution in [0.2, 0.25) is 0 Å². The predicted molar refractivity (Wildman–Crippen MR) is 88.2 cm³/mol. The summed E-state index contributed by atoms with van der Waals surface area (Å²) in [7, 11) is 0. The zero-order valence-corrected chi connectivity index (χ0v) is 14.3. The smallest absolute Gasteiger partial charge is 0.260 e. The van der Waals surface area contributed by atoms with Crippen molar-refractivity contribution < 1.29 is 13.6 Å². The molecule has 0 radical (unpaired) electrons. The fourth-order valence-electron chi connectivity index (χ4n) is 3.93. The molecule has 0 saturated carbocycles. The van der Waals surface area contributed by atoms with Crippen LogP contribution in [-0.2, 0) is 4.79 Å². The van der Waals surface area contributed by atoms with Crippen molar-refractivity contribution in [3.05, 3.63) is 11.8 Å². The van der Waals surface area contributed by atoms with Crippen molar-refractivity contribution in [1.82, 2.24) is 14.7 Å². The number of hydrogen-bond acceptors (Lipinski definition) is 3. The molecule has 0 aliphatic carbocycles. The maximum Gasteiger partial charge on any atom is 0.260 e. The normalized spacial score (nSPS) is 24.8. The number of anilines is 1. The number of aromatic nitrogens is 2. The second kappa shape index (κ2) is 7.07. The van der Waals surface area contributed by atoms with Gasteiger partial charge >= 0.3 is 0 Å². The van der Waals surface area contributed by atoms with E-state index in [1.165, 1.54) is 4.68 Å². The summed E-state index contributed by atoms with van der Waals surface area (Å²) in [6.45, 7) is 5.30. The standard InChI is InChI=1S/C17H26F2N4O/c1-3-4-16(24)22-7-5-12(6-8-22)13-10-14(17(18)19)23-15(20-13)9-11(2)21-23/h9,12-14,17,20H,3-8,10H2,1-2H3/t13-,14+/m0/s1. The first-order valence-electron chi connectivity index (χ1n) is 8.88. The number of piperidine rings is 1. The second-order valence-electron chi connectivity index (χ2n) is 6.97. The molecule has 2 aliphatic rings. The molecule has 1 N–H and O–H groups in total. The number of aryl methyl sites for hydroxylation is 1. The highest BCUT2D eigenvalue weighted by molar-refractivity contribution is 5.76. The number of rotatable bonds is 4. The maximum absolute atomic E-state index is 13.5. The van der Waals surface area contributed by atoms with Crippen LogP contribution >= 0.6 is 0 Å². The van der Waals surface area contributed by atoms with Crippen LogP contribution in [0.5, 0.6) is 0 Å². The summed E-state index contributed by atoms with van der Waals surface area (Å²) < 4.78 is 28.4. The molecule has 0 spiro atoms. The molecule has 5 nitrogen and oxygen atoms in total. The number of halogens is 2. The number of nitrogens with one attached hydrogen (secondary N) is 1. The maximum atomic E-state index is 13.5. The molecule has 1 aromatic rings. The van der Waals surface area contributed by atoms with Gasteiger partial charge in [0, 0.05) is 31.6 Å². The van der Waals surface area contributed by atoms with Gasteiger partial charge in [0.25, 0.3) is 6.43 Å². The van der Waals surface area contributed by atoms with Gasteiger partial charge in [-0.2, -0.15) is 5.10 Å². The van der Waals surface area contributed by atoms with E-state index in [0.29, 0.717) is 24.6 Å². The molecule has 3 rings (SSSR count). The highest BCUT2D eigenvalue weighted by Gasteiger charge is 2.38. The van der Waals surface area contributed by atoms with E-state index in [2.05, 4.69) is 10.4 Å². The molecule has 0 aromatic carbocycles. The lowest BCUT2D eigenvalue weighted by Crippen LogP contribution is -2.46. The van der Waals surface area contributed by atoms with Crippen LogP contribution in [0.15, 0.2) is 6.07 Å². The Morgan fingerprint density at radius 3 is 2.75 bits per heavy atom.